The molecule has 0 heterocycles. The SMILES string of the molecule is COC(=O)c1cc([N+](=O)[O-])c(C)cc1NO. The van der Waals surface area contributed by atoms with Crippen LogP contribution in [0.25, 0.3) is 0 Å². The van der Waals surface area contributed by atoms with Gasteiger partial charge in [-0.1, -0.05) is 0 Å². The fourth-order valence-corrected chi connectivity index (χ4v) is 1.26. The zero-order valence-corrected chi connectivity index (χ0v) is 8.68. The number of ether oxygens (including phenoxy) is 1. The molecule has 0 saturated heterocycles. The van der Waals surface area contributed by atoms with Gasteiger partial charge in [0.15, 0.2) is 0 Å². The Morgan fingerprint density at radius 2 is 2.19 bits per heavy atom. The van der Waals surface area contributed by atoms with Gasteiger partial charge in [-0.05, 0) is 13.0 Å². The second-order valence-corrected chi connectivity index (χ2v) is 3.04. The molecule has 0 saturated carbocycles. The third-order valence-corrected chi connectivity index (χ3v) is 2.06. The molecule has 1 aromatic rings. The average molecular weight is 226 g/mol. The highest BCUT2D eigenvalue weighted by Gasteiger charge is 2.19. The predicted octanol–water partition coefficient (Wildman–Crippen LogP) is 1.49. The molecule has 0 aliphatic heterocycles. The summed E-state index contributed by atoms with van der Waals surface area (Å²) in [5.74, 6) is -0.764. The van der Waals surface area contributed by atoms with Crippen molar-refractivity contribution >= 4 is 17.3 Å². The molecule has 0 unspecified atom stereocenters. The molecule has 0 radical (unpaired) electrons. The Bertz CT molecular complexity index is 444. The standard InChI is InChI=1S/C9H10N2O5/c1-5-3-7(10-13)6(9(12)16-2)4-8(5)11(14)15/h3-4,10,13H,1-2H3. The second-order valence-electron chi connectivity index (χ2n) is 3.04. The Hall–Kier alpha value is -2.15. The van der Waals surface area contributed by atoms with Gasteiger partial charge in [0.1, 0.15) is 0 Å². The molecule has 0 spiro atoms. The van der Waals surface area contributed by atoms with Crippen molar-refractivity contribution in [3.8, 4) is 0 Å². The summed E-state index contributed by atoms with van der Waals surface area (Å²) in [6, 6.07) is 2.35. The minimum atomic E-state index is -0.764. The fourth-order valence-electron chi connectivity index (χ4n) is 1.26. The van der Waals surface area contributed by atoms with E-state index < -0.39 is 10.9 Å². The van der Waals surface area contributed by atoms with Crippen molar-refractivity contribution in [1.82, 2.24) is 0 Å². The van der Waals surface area contributed by atoms with Gasteiger partial charge < -0.3 is 4.74 Å². The van der Waals surface area contributed by atoms with Gasteiger partial charge in [0.05, 0.1) is 23.3 Å². The maximum absolute atomic E-state index is 11.3. The molecular formula is C9H10N2O5. The Morgan fingerprint density at radius 1 is 1.56 bits per heavy atom. The van der Waals surface area contributed by atoms with Crippen molar-refractivity contribution in [2.24, 2.45) is 0 Å². The Kier molecular flexibility index (Phi) is 3.41. The van der Waals surface area contributed by atoms with Gasteiger partial charge in [0.2, 0.25) is 0 Å². The number of anilines is 1. The van der Waals surface area contributed by atoms with Gasteiger partial charge in [0, 0.05) is 11.6 Å². The van der Waals surface area contributed by atoms with Crippen LogP contribution in [0.2, 0.25) is 0 Å². The molecule has 16 heavy (non-hydrogen) atoms. The molecule has 0 aromatic heterocycles. The molecule has 1 aromatic carbocycles. The largest absolute Gasteiger partial charge is 0.465 e. The van der Waals surface area contributed by atoms with Crippen molar-refractivity contribution in [3.05, 3.63) is 33.4 Å². The molecule has 0 fully saturated rings. The van der Waals surface area contributed by atoms with Crippen molar-refractivity contribution in [1.29, 1.82) is 0 Å². The first-order chi connectivity index (χ1) is 7.51. The first kappa shape index (κ1) is 11.9. The van der Waals surface area contributed by atoms with Gasteiger partial charge in [0.25, 0.3) is 5.69 Å². The van der Waals surface area contributed by atoms with Crippen molar-refractivity contribution in [3.63, 3.8) is 0 Å². The van der Waals surface area contributed by atoms with Crippen molar-refractivity contribution in [2.45, 2.75) is 6.92 Å². The van der Waals surface area contributed by atoms with E-state index in [0.29, 0.717) is 5.56 Å². The lowest BCUT2D eigenvalue weighted by atomic mass is 10.1. The molecule has 0 amide bonds. The van der Waals surface area contributed by atoms with Crippen molar-refractivity contribution < 1.29 is 19.7 Å². The molecule has 2 N–H and O–H groups in total. The molecule has 0 aliphatic carbocycles. The zero-order valence-electron chi connectivity index (χ0n) is 8.68. The zero-order chi connectivity index (χ0) is 12.3. The van der Waals surface area contributed by atoms with Gasteiger partial charge in [-0.25, -0.2) is 4.79 Å². The highest BCUT2D eigenvalue weighted by atomic mass is 16.6. The van der Waals surface area contributed by atoms with Crippen LogP contribution in [-0.2, 0) is 4.74 Å². The second kappa shape index (κ2) is 4.58. The molecule has 0 aliphatic rings. The molecule has 7 heteroatoms. The average Bonchev–Trinajstić information content (AvgIpc) is 2.27. The summed E-state index contributed by atoms with van der Waals surface area (Å²) in [5.41, 5.74) is 1.88. The Morgan fingerprint density at radius 3 is 2.62 bits per heavy atom. The number of carbonyl (C=O) groups excluding carboxylic acids is 1. The number of nitrogens with one attached hydrogen (secondary N) is 1. The van der Waals surface area contributed by atoms with Crippen LogP contribution in [0.3, 0.4) is 0 Å². The van der Waals surface area contributed by atoms with Gasteiger partial charge in [-0.3, -0.25) is 20.8 Å². The number of benzene rings is 1. The fraction of sp³-hybridized carbons (Fsp3) is 0.222. The minimum absolute atomic E-state index is 0.0648. The lowest BCUT2D eigenvalue weighted by molar-refractivity contribution is -0.385. The van der Waals surface area contributed by atoms with Crippen LogP contribution in [0, 0.1) is 17.0 Å². The Labute approximate surface area is 90.8 Å². The number of nitro benzene ring substituents is 1. The number of hydrogen-bond acceptors (Lipinski definition) is 6. The maximum Gasteiger partial charge on any atom is 0.340 e. The number of methoxy groups -OCH3 is 1. The number of nitro groups is 1. The molecule has 7 nitrogen and oxygen atoms in total. The summed E-state index contributed by atoms with van der Waals surface area (Å²) in [7, 11) is 1.15. The molecular weight excluding hydrogens is 216 g/mol. The number of nitrogens with zero attached hydrogens (tertiary/aromatic N) is 1. The lowest BCUT2D eigenvalue weighted by Crippen LogP contribution is -2.07. The minimum Gasteiger partial charge on any atom is -0.465 e. The number of carbonyl (C=O) groups is 1. The van der Waals surface area contributed by atoms with Crippen LogP contribution in [-0.4, -0.2) is 23.2 Å². The van der Waals surface area contributed by atoms with E-state index >= 15 is 0 Å². The summed E-state index contributed by atoms with van der Waals surface area (Å²) in [6.45, 7) is 1.50. The van der Waals surface area contributed by atoms with E-state index in [1.807, 2.05) is 0 Å². The third-order valence-electron chi connectivity index (χ3n) is 2.06. The molecule has 1 rings (SSSR count). The lowest BCUT2D eigenvalue weighted by Gasteiger charge is -2.07. The van der Waals surface area contributed by atoms with Gasteiger partial charge in [-0.2, -0.15) is 0 Å². The van der Waals surface area contributed by atoms with Gasteiger partial charge >= 0.3 is 5.97 Å². The van der Waals surface area contributed by atoms with E-state index in [1.165, 1.54) is 13.0 Å². The molecule has 0 bridgehead atoms. The summed E-state index contributed by atoms with van der Waals surface area (Å²) in [6.07, 6.45) is 0. The van der Waals surface area contributed by atoms with Crippen LogP contribution in [0.15, 0.2) is 12.1 Å². The quantitative estimate of drug-likeness (QED) is 0.460. The summed E-state index contributed by atoms with van der Waals surface area (Å²) < 4.78 is 4.44. The monoisotopic (exact) mass is 226 g/mol. The van der Waals surface area contributed by atoms with E-state index in [0.717, 1.165) is 13.2 Å². The van der Waals surface area contributed by atoms with Crippen LogP contribution >= 0.6 is 0 Å². The topological polar surface area (TPSA) is 102 Å². The third kappa shape index (κ3) is 2.09. The summed E-state index contributed by atoms with van der Waals surface area (Å²) >= 11 is 0. The van der Waals surface area contributed by atoms with Crippen LogP contribution in [0.1, 0.15) is 15.9 Å². The molecule has 86 valence electrons. The van der Waals surface area contributed by atoms with Crippen LogP contribution in [0.5, 0.6) is 0 Å². The summed E-state index contributed by atoms with van der Waals surface area (Å²) in [5, 5.41) is 19.4. The van der Waals surface area contributed by atoms with E-state index in [9.17, 15) is 14.9 Å². The first-order valence-electron chi connectivity index (χ1n) is 4.28. The number of aryl methyl sites for hydroxylation is 1. The maximum atomic E-state index is 11.3. The van der Waals surface area contributed by atoms with E-state index in [-0.39, 0.29) is 16.9 Å². The number of esters is 1. The smallest absolute Gasteiger partial charge is 0.340 e. The molecule has 0 atom stereocenters. The van der Waals surface area contributed by atoms with E-state index in [1.54, 1.807) is 5.48 Å². The van der Waals surface area contributed by atoms with E-state index in [4.69, 9.17) is 5.21 Å². The highest BCUT2D eigenvalue weighted by molar-refractivity contribution is 5.96. The van der Waals surface area contributed by atoms with Crippen molar-refractivity contribution in [2.75, 3.05) is 12.6 Å². The van der Waals surface area contributed by atoms with E-state index in [2.05, 4.69) is 4.74 Å². The van der Waals surface area contributed by atoms with Gasteiger partial charge in [-0.15, -0.1) is 0 Å². The number of rotatable bonds is 3. The summed E-state index contributed by atoms with van der Waals surface area (Å²) in [4.78, 5) is 21.3. The normalized spacial score (nSPS) is 9.69. The van der Waals surface area contributed by atoms with Crippen LogP contribution < -0.4 is 5.48 Å². The van der Waals surface area contributed by atoms with Crippen LogP contribution in [0.4, 0.5) is 11.4 Å². The Balaban J connectivity index is 3.40. The predicted molar refractivity (Wildman–Crippen MR) is 54.6 cm³/mol. The number of hydrogen-bond donors (Lipinski definition) is 2. The highest BCUT2D eigenvalue weighted by Crippen LogP contribution is 2.26. The first-order valence-corrected chi connectivity index (χ1v) is 4.28.